The number of halogens is 2. The molecule has 0 heterocycles. The molecule has 0 aliphatic carbocycles. The van der Waals surface area contributed by atoms with Crippen molar-refractivity contribution in [2.24, 2.45) is 11.8 Å². The summed E-state index contributed by atoms with van der Waals surface area (Å²) < 4.78 is 13.7. The molecule has 0 saturated heterocycles. The van der Waals surface area contributed by atoms with E-state index in [-0.39, 0.29) is 16.5 Å². The molecule has 0 fully saturated rings. The molecule has 17 heavy (non-hydrogen) atoms. The summed E-state index contributed by atoms with van der Waals surface area (Å²) in [6.07, 6.45) is -1.41. The summed E-state index contributed by atoms with van der Waals surface area (Å²) in [7, 11) is 0. The Bertz CT molecular complexity index is 420. The number of aliphatic carboxylic acids is 1. The van der Waals surface area contributed by atoms with E-state index in [2.05, 4.69) is 0 Å². The fourth-order valence-electron chi connectivity index (χ4n) is 1.73. The molecule has 3 nitrogen and oxygen atoms in total. The van der Waals surface area contributed by atoms with E-state index < -0.39 is 23.8 Å². The molecular weight excluding hydrogens is 247 g/mol. The highest BCUT2D eigenvalue weighted by Gasteiger charge is 2.32. The topological polar surface area (TPSA) is 57.5 Å². The first kappa shape index (κ1) is 13.9. The third-order valence-electron chi connectivity index (χ3n) is 2.64. The molecule has 5 heteroatoms. The van der Waals surface area contributed by atoms with Gasteiger partial charge in [-0.1, -0.05) is 37.6 Å². The summed E-state index contributed by atoms with van der Waals surface area (Å²) in [5, 5.41) is 18.8. The summed E-state index contributed by atoms with van der Waals surface area (Å²) in [6, 6.07) is 4.16. The fraction of sp³-hybridized carbons (Fsp3) is 0.417. The molecular formula is C12H14ClFO3. The largest absolute Gasteiger partial charge is 0.481 e. The molecule has 0 aliphatic heterocycles. The summed E-state index contributed by atoms with van der Waals surface area (Å²) in [6.45, 7) is 3.31. The molecule has 0 saturated carbocycles. The predicted octanol–water partition coefficient (Wildman–Crippen LogP) is 2.87. The molecule has 2 N–H and O–H groups in total. The first-order chi connectivity index (χ1) is 7.86. The van der Waals surface area contributed by atoms with E-state index in [1.54, 1.807) is 13.8 Å². The van der Waals surface area contributed by atoms with Crippen molar-refractivity contribution in [2.75, 3.05) is 0 Å². The summed E-state index contributed by atoms with van der Waals surface area (Å²) >= 11 is 5.59. The third kappa shape index (κ3) is 2.96. The van der Waals surface area contributed by atoms with Crippen LogP contribution >= 0.6 is 11.6 Å². The smallest absolute Gasteiger partial charge is 0.309 e. The van der Waals surface area contributed by atoms with Crippen molar-refractivity contribution >= 4 is 17.6 Å². The molecule has 1 rings (SSSR count). The molecule has 0 spiro atoms. The Morgan fingerprint density at radius 1 is 1.41 bits per heavy atom. The molecule has 1 aromatic carbocycles. The monoisotopic (exact) mass is 260 g/mol. The average Bonchev–Trinajstić information content (AvgIpc) is 2.20. The minimum Gasteiger partial charge on any atom is -0.481 e. The van der Waals surface area contributed by atoms with Crippen LogP contribution in [0.25, 0.3) is 0 Å². The maximum absolute atomic E-state index is 13.7. The highest BCUT2D eigenvalue weighted by atomic mass is 35.5. The van der Waals surface area contributed by atoms with Crippen LogP contribution in [0.1, 0.15) is 25.5 Å². The van der Waals surface area contributed by atoms with Crippen LogP contribution in [0.5, 0.6) is 0 Å². The molecule has 94 valence electrons. The second-order valence-electron chi connectivity index (χ2n) is 4.20. The molecule has 0 aliphatic rings. The Morgan fingerprint density at radius 3 is 2.47 bits per heavy atom. The van der Waals surface area contributed by atoms with Gasteiger partial charge >= 0.3 is 5.97 Å². The maximum atomic E-state index is 13.7. The fourth-order valence-corrected chi connectivity index (χ4v) is 1.91. The van der Waals surface area contributed by atoms with Gasteiger partial charge in [-0.25, -0.2) is 4.39 Å². The van der Waals surface area contributed by atoms with Crippen molar-refractivity contribution in [3.63, 3.8) is 0 Å². The van der Waals surface area contributed by atoms with Crippen molar-refractivity contribution < 1.29 is 19.4 Å². The zero-order valence-corrected chi connectivity index (χ0v) is 10.3. The van der Waals surface area contributed by atoms with E-state index in [9.17, 15) is 14.3 Å². The van der Waals surface area contributed by atoms with Crippen molar-refractivity contribution in [1.29, 1.82) is 0 Å². The summed E-state index contributed by atoms with van der Waals surface area (Å²) in [5.74, 6) is -3.32. The van der Waals surface area contributed by atoms with Crippen LogP contribution in [-0.4, -0.2) is 16.2 Å². The number of benzene rings is 1. The lowest BCUT2D eigenvalue weighted by molar-refractivity contribution is -0.148. The number of aliphatic hydroxyl groups excluding tert-OH is 1. The van der Waals surface area contributed by atoms with E-state index >= 15 is 0 Å². The van der Waals surface area contributed by atoms with Crippen LogP contribution in [0, 0.1) is 17.7 Å². The van der Waals surface area contributed by atoms with Gasteiger partial charge in [0.25, 0.3) is 0 Å². The zero-order valence-electron chi connectivity index (χ0n) is 9.52. The minimum absolute atomic E-state index is 0.0846. The van der Waals surface area contributed by atoms with E-state index in [1.807, 2.05) is 0 Å². The van der Waals surface area contributed by atoms with Crippen LogP contribution in [0.2, 0.25) is 5.02 Å². The van der Waals surface area contributed by atoms with Gasteiger partial charge in [-0.2, -0.15) is 0 Å². The van der Waals surface area contributed by atoms with Gasteiger partial charge in [0.1, 0.15) is 5.82 Å². The summed E-state index contributed by atoms with van der Waals surface area (Å²) in [5.41, 5.74) is -0.0846. The third-order valence-corrected chi connectivity index (χ3v) is 2.94. The van der Waals surface area contributed by atoms with Crippen LogP contribution < -0.4 is 0 Å². The van der Waals surface area contributed by atoms with Crippen molar-refractivity contribution in [2.45, 2.75) is 20.0 Å². The number of carbonyl (C=O) groups is 1. The Hall–Kier alpha value is -1.13. The highest BCUT2D eigenvalue weighted by Crippen LogP contribution is 2.32. The Kier molecular flexibility index (Phi) is 4.48. The van der Waals surface area contributed by atoms with Gasteiger partial charge in [0, 0.05) is 5.56 Å². The van der Waals surface area contributed by atoms with Crippen molar-refractivity contribution in [3.05, 3.63) is 34.6 Å². The standard InChI is InChI=1S/C12H14ClFO3/c1-6(2)9(12(16)17)11(15)7-4-3-5-8(13)10(7)14/h3-6,9,11,15H,1-2H3,(H,16,17). The van der Waals surface area contributed by atoms with Crippen LogP contribution in [-0.2, 0) is 4.79 Å². The first-order valence-corrected chi connectivity index (χ1v) is 5.58. The molecule has 2 atom stereocenters. The second-order valence-corrected chi connectivity index (χ2v) is 4.60. The van der Waals surface area contributed by atoms with Gasteiger partial charge in [-0.05, 0) is 12.0 Å². The van der Waals surface area contributed by atoms with Gasteiger partial charge in [-0.3, -0.25) is 4.79 Å². The molecule has 0 amide bonds. The van der Waals surface area contributed by atoms with E-state index in [1.165, 1.54) is 18.2 Å². The quantitative estimate of drug-likeness (QED) is 0.875. The SMILES string of the molecule is CC(C)C(C(=O)O)C(O)c1cccc(Cl)c1F. The second kappa shape index (κ2) is 5.47. The molecule has 2 unspecified atom stereocenters. The number of carboxylic acid groups (broad SMARTS) is 1. The lowest BCUT2D eigenvalue weighted by atomic mass is 9.86. The summed E-state index contributed by atoms with van der Waals surface area (Å²) in [4.78, 5) is 11.0. The number of hydrogen-bond donors (Lipinski definition) is 2. The first-order valence-electron chi connectivity index (χ1n) is 5.21. The van der Waals surface area contributed by atoms with Gasteiger partial charge in [0.2, 0.25) is 0 Å². The van der Waals surface area contributed by atoms with E-state index in [4.69, 9.17) is 16.7 Å². The molecule has 0 radical (unpaired) electrons. The van der Waals surface area contributed by atoms with Gasteiger partial charge < -0.3 is 10.2 Å². The Labute approximate surface area is 104 Å². The maximum Gasteiger partial charge on any atom is 0.309 e. The van der Waals surface area contributed by atoms with Crippen molar-refractivity contribution in [3.8, 4) is 0 Å². The zero-order chi connectivity index (χ0) is 13.2. The lowest BCUT2D eigenvalue weighted by Crippen LogP contribution is -2.27. The number of hydrogen-bond acceptors (Lipinski definition) is 2. The van der Waals surface area contributed by atoms with Gasteiger partial charge in [0.05, 0.1) is 17.0 Å². The van der Waals surface area contributed by atoms with E-state index in [0.29, 0.717) is 0 Å². The average molecular weight is 261 g/mol. The normalized spacial score (nSPS) is 14.7. The number of carboxylic acids is 1. The van der Waals surface area contributed by atoms with Gasteiger partial charge in [0.15, 0.2) is 0 Å². The Balaban J connectivity index is 3.14. The number of rotatable bonds is 4. The highest BCUT2D eigenvalue weighted by molar-refractivity contribution is 6.30. The van der Waals surface area contributed by atoms with Gasteiger partial charge in [-0.15, -0.1) is 0 Å². The molecule has 0 aromatic heterocycles. The molecule has 1 aromatic rings. The van der Waals surface area contributed by atoms with Crippen LogP contribution in [0.4, 0.5) is 4.39 Å². The van der Waals surface area contributed by atoms with Crippen LogP contribution in [0.3, 0.4) is 0 Å². The minimum atomic E-state index is -1.41. The molecule has 0 bridgehead atoms. The Morgan fingerprint density at radius 2 is 2.00 bits per heavy atom. The van der Waals surface area contributed by atoms with E-state index in [0.717, 1.165) is 0 Å². The van der Waals surface area contributed by atoms with Crippen molar-refractivity contribution in [1.82, 2.24) is 0 Å². The van der Waals surface area contributed by atoms with Crippen LogP contribution in [0.15, 0.2) is 18.2 Å². The lowest BCUT2D eigenvalue weighted by Gasteiger charge is -2.23. The predicted molar refractivity (Wildman–Crippen MR) is 62.3 cm³/mol. The number of aliphatic hydroxyl groups is 1.